The molecule has 0 amide bonds. The van der Waals surface area contributed by atoms with Crippen molar-refractivity contribution in [2.75, 3.05) is 13.2 Å². The van der Waals surface area contributed by atoms with E-state index in [0.29, 0.717) is 30.5 Å². The predicted molar refractivity (Wildman–Crippen MR) is 79.3 cm³/mol. The summed E-state index contributed by atoms with van der Waals surface area (Å²) in [5, 5.41) is 20.0. The molecule has 2 N–H and O–H groups in total. The Morgan fingerprint density at radius 3 is 2.33 bits per heavy atom. The minimum absolute atomic E-state index is 0.0249. The lowest BCUT2D eigenvalue weighted by atomic mass is 9.95. The third-order valence-corrected chi connectivity index (χ3v) is 3.57. The highest BCUT2D eigenvalue weighted by molar-refractivity contribution is 5.53. The summed E-state index contributed by atoms with van der Waals surface area (Å²) in [4.78, 5) is 0. The molecular weight excluding hydrogens is 272 g/mol. The first kappa shape index (κ1) is 15.8. The second kappa shape index (κ2) is 7.41. The molecule has 2 atom stereocenters. The Morgan fingerprint density at radius 2 is 1.67 bits per heavy atom. The molecule has 0 saturated heterocycles. The smallest absolute Gasteiger partial charge is 0.165 e. The first-order valence-corrected chi connectivity index (χ1v) is 7.63. The summed E-state index contributed by atoms with van der Waals surface area (Å²) in [6.45, 7) is 4.64. The summed E-state index contributed by atoms with van der Waals surface area (Å²) in [6, 6.07) is 3.13. The standard InChI is InChI=1S/C16H24O5/c1-3-19-14-10-16(15(20-4-2)9-12(14)18)21-13-8-6-5-7-11(13)17/h9-11,13,17-18H,3-8H2,1-2H3/t11-,13+/m1/s1. The minimum Gasteiger partial charge on any atom is -0.504 e. The third kappa shape index (κ3) is 3.94. The highest BCUT2D eigenvalue weighted by Crippen LogP contribution is 2.40. The maximum Gasteiger partial charge on any atom is 0.165 e. The van der Waals surface area contributed by atoms with Crippen molar-refractivity contribution >= 4 is 0 Å². The van der Waals surface area contributed by atoms with Gasteiger partial charge in [-0.1, -0.05) is 6.42 Å². The molecule has 0 radical (unpaired) electrons. The molecule has 21 heavy (non-hydrogen) atoms. The number of hydrogen-bond donors (Lipinski definition) is 2. The molecule has 1 aliphatic rings. The summed E-state index contributed by atoms with van der Waals surface area (Å²) in [5.41, 5.74) is 0. The molecule has 0 heterocycles. The van der Waals surface area contributed by atoms with Crippen molar-refractivity contribution in [2.45, 2.75) is 51.7 Å². The van der Waals surface area contributed by atoms with Crippen molar-refractivity contribution in [3.05, 3.63) is 12.1 Å². The van der Waals surface area contributed by atoms with Gasteiger partial charge in [-0.05, 0) is 33.1 Å². The van der Waals surface area contributed by atoms with Crippen molar-refractivity contribution in [1.82, 2.24) is 0 Å². The molecule has 2 rings (SSSR count). The Hall–Kier alpha value is -1.62. The Morgan fingerprint density at radius 1 is 1.00 bits per heavy atom. The van der Waals surface area contributed by atoms with E-state index in [-0.39, 0.29) is 11.9 Å². The lowest BCUT2D eigenvalue weighted by Crippen LogP contribution is -2.34. The fraction of sp³-hybridized carbons (Fsp3) is 0.625. The molecule has 5 heteroatoms. The maximum atomic E-state index is 10.0. The number of aliphatic hydroxyl groups excluding tert-OH is 1. The summed E-state index contributed by atoms with van der Waals surface area (Å²) in [6.07, 6.45) is 2.94. The van der Waals surface area contributed by atoms with Gasteiger partial charge in [0.1, 0.15) is 6.10 Å². The largest absolute Gasteiger partial charge is 0.504 e. The van der Waals surface area contributed by atoms with Gasteiger partial charge in [0.15, 0.2) is 23.0 Å². The highest BCUT2D eigenvalue weighted by atomic mass is 16.5. The van der Waals surface area contributed by atoms with Gasteiger partial charge in [-0.2, -0.15) is 0 Å². The van der Waals surface area contributed by atoms with Crippen molar-refractivity contribution in [1.29, 1.82) is 0 Å². The monoisotopic (exact) mass is 296 g/mol. The fourth-order valence-corrected chi connectivity index (χ4v) is 2.54. The Kier molecular flexibility index (Phi) is 5.56. The van der Waals surface area contributed by atoms with E-state index in [1.807, 2.05) is 13.8 Å². The molecule has 1 saturated carbocycles. The van der Waals surface area contributed by atoms with Crippen LogP contribution >= 0.6 is 0 Å². The molecule has 0 spiro atoms. The zero-order valence-corrected chi connectivity index (χ0v) is 12.7. The van der Waals surface area contributed by atoms with Gasteiger partial charge in [0, 0.05) is 12.1 Å². The number of ether oxygens (including phenoxy) is 3. The topological polar surface area (TPSA) is 68.2 Å². The molecule has 0 aliphatic heterocycles. The van der Waals surface area contributed by atoms with E-state index in [1.165, 1.54) is 6.07 Å². The SMILES string of the molecule is CCOc1cc(O[C@H]2CCCC[C@H]2O)c(OCC)cc1O. The van der Waals surface area contributed by atoms with Crippen LogP contribution in [0.25, 0.3) is 0 Å². The Bertz CT molecular complexity index is 460. The normalized spacial score (nSPS) is 21.9. The van der Waals surface area contributed by atoms with Gasteiger partial charge in [0.25, 0.3) is 0 Å². The zero-order valence-electron chi connectivity index (χ0n) is 12.7. The molecule has 1 aliphatic carbocycles. The van der Waals surface area contributed by atoms with E-state index < -0.39 is 6.10 Å². The van der Waals surface area contributed by atoms with E-state index in [4.69, 9.17) is 14.2 Å². The van der Waals surface area contributed by atoms with Crippen molar-refractivity contribution < 1.29 is 24.4 Å². The van der Waals surface area contributed by atoms with Crippen molar-refractivity contribution in [2.24, 2.45) is 0 Å². The molecule has 0 bridgehead atoms. The van der Waals surface area contributed by atoms with Gasteiger partial charge >= 0.3 is 0 Å². The van der Waals surface area contributed by atoms with Gasteiger partial charge in [0.2, 0.25) is 0 Å². The van der Waals surface area contributed by atoms with E-state index in [2.05, 4.69) is 0 Å². The van der Waals surface area contributed by atoms with Gasteiger partial charge in [-0.25, -0.2) is 0 Å². The third-order valence-electron chi connectivity index (χ3n) is 3.57. The fourth-order valence-electron chi connectivity index (χ4n) is 2.54. The lowest BCUT2D eigenvalue weighted by Gasteiger charge is -2.29. The number of phenols is 1. The summed E-state index contributed by atoms with van der Waals surface area (Å²) in [7, 11) is 0. The van der Waals surface area contributed by atoms with E-state index >= 15 is 0 Å². The van der Waals surface area contributed by atoms with E-state index in [0.717, 1.165) is 25.7 Å². The lowest BCUT2D eigenvalue weighted by molar-refractivity contribution is 0.00528. The Balaban J connectivity index is 2.23. The van der Waals surface area contributed by atoms with Crippen LogP contribution in [0.15, 0.2) is 12.1 Å². The summed E-state index contributed by atoms with van der Waals surface area (Å²) < 4.78 is 16.8. The van der Waals surface area contributed by atoms with Gasteiger partial charge in [-0.15, -0.1) is 0 Å². The second-order valence-electron chi connectivity index (χ2n) is 5.14. The molecular formula is C16H24O5. The first-order chi connectivity index (χ1) is 10.2. The number of hydrogen-bond acceptors (Lipinski definition) is 5. The predicted octanol–water partition coefficient (Wildman–Crippen LogP) is 2.87. The molecule has 0 unspecified atom stereocenters. The zero-order chi connectivity index (χ0) is 15.2. The summed E-state index contributed by atoms with van der Waals surface area (Å²) >= 11 is 0. The van der Waals surface area contributed by atoms with E-state index in [1.54, 1.807) is 6.07 Å². The quantitative estimate of drug-likeness (QED) is 0.845. The number of benzene rings is 1. The first-order valence-electron chi connectivity index (χ1n) is 7.63. The van der Waals surface area contributed by atoms with Crippen LogP contribution in [-0.2, 0) is 0 Å². The Labute approximate surface area is 125 Å². The van der Waals surface area contributed by atoms with Gasteiger partial charge in [-0.3, -0.25) is 0 Å². The van der Waals surface area contributed by atoms with Crippen LogP contribution in [0.3, 0.4) is 0 Å². The van der Waals surface area contributed by atoms with Crippen LogP contribution < -0.4 is 14.2 Å². The molecule has 118 valence electrons. The maximum absolute atomic E-state index is 10.0. The van der Waals surface area contributed by atoms with Gasteiger partial charge < -0.3 is 24.4 Å². The number of rotatable bonds is 6. The average Bonchev–Trinajstić information content (AvgIpc) is 2.46. The van der Waals surface area contributed by atoms with Crippen molar-refractivity contribution in [3.63, 3.8) is 0 Å². The molecule has 5 nitrogen and oxygen atoms in total. The van der Waals surface area contributed by atoms with Crippen LogP contribution in [0, 0.1) is 0 Å². The van der Waals surface area contributed by atoms with Crippen LogP contribution in [0.2, 0.25) is 0 Å². The summed E-state index contributed by atoms with van der Waals surface area (Å²) in [5.74, 6) is 1.36. The highest BCUT2D eigenvalue weighted by Gasteiger charge is 2.26. The number of aromatic hydroxyl groups is 1. The van der Waals surface area contributed by atoms with Crippen LogP contribution in [-0.4, -0.2) is 35.6 Å². The molecule has 1 fully saturated rings. The van der Waals surface area contributed by atoms with Crippen LogP contribution in [0.1, 0.15) is 39.5 Å². The molecule has 0 aromatic heterocycles. The number of phenolic OH excluding ortho intramolecular Hbond substituents is 1. The molecule has 1 aromatic rings. The molecule has 1 aromatic carbocycles. The van der Waals surface area contributed by atoms with Crippen LogP contribution in [0.4, 0.5) is 0 Å². The number of aliphatic hydroxyl groups is 1. The van der Waals surface area contributed by atoms with Crippen LogP contribution in [0.5, 0.6) is 23.0 Å². The van der Waals surface area contributed by atoms with Gasteiger partial charge in [0.05, 0.1) is 19.3 Å². The second-order valence-corrected chi connectivity index (χ2v) is 5.14. The van der Waals surface area contributed by atoms with E-state index in [9.17, 15) is 10.2 Å². The van der Waals surface area contributed by atoms with Crippen molar-refractivity contribution in [3.8, 4) is 23.0 Å². The average molecular weight is 296 g/mol. The minimum atomic E-state index is -0.461.